The minimum atomic E-state index is -0.633. The number of likely N-dealkylation sites (tertiary alicyclic amines) is 1. The summed E-state index contributed by atoms with van der Waals surface area (Å²) in [5, 5.41) is 15.2. The first-order valence-corrected chi connectivity index (χ1v) is 14.9. The predicted octanol–water partition coefficient (Wildman–Crippen LogP) is 3.79. The molecule has 36 heavy (non-hydrogen) atoms. The van der Waals surface area contributed by atoms with Crippen LogP contribution < -0.4 is 10.6 Å². The molecule has 1 spiro atoms. The smallest absolute Gasteiger partial charge is 0.248 e. The largest absolute Gasteiger partial charge is 0.396 e. The second-order valence-corrected chi connectivity index (χ2v) is 13.1. The fraction of sp³-hybridized carbons (Fsp3) is 0.667. The van der Waals surface area contributed by atoms with Gasteiger partial charge in [0, 0.05) is 35.5 Å². The number of thioether (sulfide) groups is 1. The molecule has 1 aromatic rings. The molecule has 3 saturated heterocycles. The zero-order valence-electron chi connectivity index (χ0n) is 21.4. The van der Waals surface area contributed by atoms with Crippen molar-refractivity contribution in [2.45, 2.75) is 80.2 Å². The molecule has 7 nitrogen and oxygen atoms in total. The molecule has 2 bridgehead atoms. The highest BCUT2D eigenvalue weighted by Crippen LogP contribution is 2.67. The van der Waals surface area contributed by atoms with Gasteiger partial charge in [-0.15, -0.1) is 11.8 Å². The minimum absolute atomic E-state index is 0.0292. The molecule has 3 N–H and O–H groups in total. The third-order valence-corrected chi connectivity index (χ3v) is 11.1. The van der Waals surface area contributed by atoms with E-state index in [1.165, 1.54) is 0 Å². The topological polar surface area (TPSA) is 98.7 Å². The van der Waals surface area contributed by atoms with Crippen molar-refractivity contribution in [1.29, 1.82) is 0 Å². The summed E-state index contributed by atoms with van der Waals surface area (Å²) in [6.07, 6.45) is 4.78. The number of hydrogen-bond donors (Lipinski definition) is 3. The third-order valence-electron chi connectivity index (χ3n) is 7.85. The van der Waals surface area contributed by atoms with Gasteiger partial charge < -0.3 is 20.6 Å². The van der Waals surface area contributed by atoms with Gasteiger partial charge in [-0.05, 0) is 56.7 Å². The summed E-state index contributed by atoms with van der Waals surface area (Å²) in [6, 6.07) is 5.34. The third kappa shape index (κ3) is 4.95. The van der Waals surface area contributed by atoms with Crippen LogP contribution in [0, 0.1) is 25.7 Å². The van der Waals surface area contributed by atoms with Gasteiger partial charge in [0.25, 0.3) is 0 Å². The van der Waals surface area contributed by atoms with Gasteiger partial charge in [-0.25, -0.2) is 0 Å². The lowest BCUT2D eigenvalue weighted by Crippen LogP contribution is -2.53. The second kappa shape index (κ2) is 11.4. The number of carbonyl (C=O) groups excluding carboxylic acids is 3. The molecule has 4 rings (SSSR count). The average Bonchev–Trinajstić information content (AvgIpc) is 3.43. The van der Waals surface area contributed by atoms with Gasteiger partial charge in [-0.2, -0.15) is 0 Å². The lowest BCUT2D eigenvalue weighted by Gasteiger charge is -2.35. The maximum atomic E-state index is 14.0. The molecule has 3 heterocycles. The van der Waals surface area contributed by atoms with Gasteiger partial charge >= 0.3 is 0 Å². The molecular formula is C27H38BrN3O4S. The summed E-state index contributed by atoms with van der Waals surface area (Å²) in [5.74, 6) is -1.24. The molecule has 3 aliphatic rings. The second-order valence-electron chi connectivity index (χ2n) is 10.4. The molecule has 0 radical (unpaired) electrons. The Labute approximate surface area is 226 Å². The Balaban J connectivity index is 1.65. The van der Waals surface area contributed by atoms with E-state index in [2.05, 4.69) is 26.6 Å². The lowest BCUT2D eigenvalue weighted by molar-refractivity contribution is -0.139. The molecule has 1 aromatic carbocycles. The summed E-state index contributed by atoms with van der Waals surface area (Å²) in [5.41, 5.74) is 2.79. The number of aliphatic hydroxyl groups is 1. The number of carbonyl (C=O) groups is 3. The monoisotopic (exact) mass is 579 g/mol. The van der Waals surface area contributed by atoms with E-state index in [1.54, 1.807) is 16.7 Å². The number of nitrogens with zero attached hydrogens (tertiary/aromatic N) is 1. The molecule has 3 amide bonds. The van der Waals surface area contributed by atoms with Crippen LogP contribution in [0.3, 0.4) is 0 Å². The summed E-state index contributed by atoms with van der Waals surface area (Å²) in [6.45, 7) is 7.19. The van der Waals surface area contributed by atoms with Crippen LogP contribution in [0.25, 0.3) is 0 Å². The lowest BCUT2D eigenvalue weighted by atomic mass is 9.70. The van der Waals surface area contributed by atoms with Gasteiger partial charge in [-0.3, -0.25) is 14.4 Å². The Bertz CT molecular complexity index is 1010. The molecular weight excluding hydrogens is 542 g/mol. The van der Waals surface area contributed by atoms with Crippen LogP contribution in [0.1, 0.15) is 56.6 Å². The Hall–Kier alpha value is -1.58. The van der Waals surface area contributed by atoms with Crippen LogP contribution in [0.5, 0.6) is 0 Å². The first-order chi connectivity index (χ1) is 17.2. The standard InChI is InChI=1S/C27H38BrN3O4S/c1-4-11-29-24(33)20-21-26(35)31(12-7-5-6-8-13-32)23(27(21)15-18(28)22(20)36-27)25(34)30-19-14-16(2)9-10-17(19)3/h9-10,14,18,20-23,32H,4-8,11-13,15H2,1-3H3,(H,29,33)(H,30,34)/t18?,20-,21-,22-,23?,27?/m0/s1. The van der Waals surface area contributed by atoms with E-state index in [0.717, 1.165) is 48.9 Å². The van der Waals surface area contributed by atoms with Crippen LogP contribution >= 0.6 is 27.7 Å². The van der Waals surface area contributed by atoms with E-state index < -0.39 is 22.6 Å². The van der Waals surface area contributed by atoms with Crippen molar-refractivity contribution in [2.24, 2.45) is 11.8 Å². The maximum absolute atomic E-state index is 14.0. The van der Waals surface area contributed by atoms with E-state index in [4.69, 9.17) is 5.11 Å². The molecule has 6 atom stereocenters. The summed E-state index contributed by atoms with van der Waals surface area (Å²) in [7, 11) is 0. The van der Waals surface area contributed by atoms with Crippen molar-refractivity contribution in [1.82, 2.24) is 10.2 Å². The van der Waals surface area contributed by atoms with E-state index >= 15 is 0 Å². The van der Waals surface area contributed by atoms with Crippen LogP contribution in [0.4, 0.5) is 5.69 Å². The van der Waals surface area contributed by atoms with Crippen molar-refractivity contribution in [3.8, 4) is 0 Å². The van der Waals surface area contributed by atoms with Gasteiger partial charge in [0.2, 0.25) is 17.7 Å². The number of hydrogen-bond acceptors (Lipinski definition) is 5. The minimum Gasteiger partial charge on any atom is -0.396 e. The molecule has 0 saturated carbocycles. The van der Waals surface area contributed by atoms with E-state index in [0.29, 0.717) is 19.5 Å². The maximum Gasteiger partial charge on any atom is 0.248 e. The Morgan fingerprint density at radius 3 is 2.67 bits per heavy atom. The number of halogens is 1. The highest BCUT2D eigenvalue weighted by Gasteiger charge is 2.75. The fourth-order valence-electron chi connectivity index (χ4n) is 6.16. The number of aryl methyl sites for hydroxylation is 2. The summed E-state index contributed by atoms with van der Waals surface area (Å²) >= 11 is 5.48. The number of benzene rings is 1. The molecule has 9 heteroatoms. The Morgan fingerprint density at radius 2 is 1.94 bits per heavy atom. The van der Waals surface area contributed by atoms with Gasteiger partial charge in [-0.1, -0.05) is 47.8 Å². The zero-order chi connectivity index (χ0) is 26.0. The Morgan fingerprint density at radius 1 is 1.19 bits per heavy atom. The van der Waals surface area contributed by atoms with Crippen molar-refractivity contribution in [3.63, 3.8) is 0 Å². The number of nitrogens with one attached hydrogen (secondary N) is 2. The number of alkyl halides is 1. The predicted molar refractivity (Wildman–Crippen MR) is 147 cm³/mol. The quantitative estimate of drug-likeness (QED) is 0.274. The van der Waals surface area contributed by atoms with Gasteiger partial charge in [0.1, 0.15) is 6.04 Å². The Kier molecular flexibility index (Phi) is 8.72. The molecule has 0 aromatic heterocycles. The van der Waals surface area contributed by atoms with Crippen LogP contribution in [-0.4, -0.2) is 68.3 Å². The number of amides is 3. The number of rotatable bonds is 11. The van der Waals surface area contributed by atoms with Gasteiger partial charge in [0.15, 0.2) is 0 Å². The zero-order valence-corrected chi connectivity index (χ0v) is 23.8. The van der Waals surface area contributed by atoms with Crippen molar-refractivity contribution in [2.75, 3.05) is 25.0 Å². The number of unbranched alkanes of at least 4 members (excludes halogenated alkanes) is 3. The van der Waals surface area contributed by atoms with Crippen LogP contribution in [0.2, 0.25) is 0 Å². The summed E-state index contributed by atoms with van der Waals surface area (Å²) < 4.78 is -0.628. The average molecular weight is 581 g/mol. The molecule has 3 aliphatic heterocycles. The summed E-state index contributed by atoms with van der Waals surface area (Å²) in [4.78, 5) is 43.1. The molecule has 0 aliphatic carbocycles. The van der Waals surface area contributed by atoms with Crippen molar-refractivity contribution < 1.29 is 19.5 Å². The number of anilines is 1. The highest BCUT2D eigenvalue weighted by molar-refractivity contribution is 9.09. The number of fused-ring (bicyclic) bond motifs is 1. The van der Waals surface area contributed by atoms with E-state index in [-0.39, 0.29) is 34.4 Å². The fourth-order valence-corrected chi connectivity index (χ4v) is 9.77. The highest BCUT2D eigenvalue weighted by atomic mass is 79.9. The molecule has 198 valence electrons. The van der Waals surface area contributed by atoms with Gasteiger partial charge in [0.05, 0.1) is 16.6 Å². The SMILES string of the molecule is CCCNC(=O)[C@H]1[C@H]2C(=O)N(CCCCCCO)C(C(=O)Nc3cc(C)ccc3C)C23CC(Br)[C@@H]1S3. The molecule has 3 fully saturated rings. The van der Waals surface area contributed by atoms with Crippen molar-refractivity contribution >= 4 is 51.1 Å². The van der Waals surface area contributed by atoms with Crippen LogP contribution in [-0.2, 0) is 14.4 Å². The molecule has 3 unspecified atom stereocenters. The van der Waals surface area contributed by atoms with Crippen LogP contribution in [0.15, 0.2) is 18.2 Å². The number of aliphatic hydroxyl groups excluding tert-OH is 1. The normalized spacial score (nSPS) is 30.5. The van der Waals surface area contributed by atoms with Crippen molar-refractivity contribution in [3.05, 3.63) is 29.3 Å². The first-order valence-electron chi connectivity index (χ1n) is 13.1. The van der Waals surface area contributed by atoms with E-state index in [1.807, 2.05) is 39.0 Å². The first kappa shape index (κ1) is 27.5. The van der Waals surface area contributed by atoms with E-state index in [9.17, 15) is 14.4 Å².